The number of rotatable bonds is 5. The molecule has 6 heteroatoms. The molecule has 4 aromatic rings. The molecule has 2 aromatic heterocycles. The summed E-state index contributed by atoms with van der Waals surface area (Å²) in [6.07, 6.45) is 6.42. The Morgan fingerprint density at radius 1 is 1.00 bits per heavy atom. The number of hydrogen-bond donors (Lipinski definition) is 0. The maximum Gasteiger partial charge on any atom is 0.290 e. The smallest absolute Gasteiger partial charge is 0.290 e. The number of furan rings is 1. The normalized spacial score (nSPS) is 13.9. The summed E-state index contributed by atoms with van der Waals surface area (Å²) >= 11 is 1.50. The van der Waals surface area contributed by atoms with Crippen molar-refractivity contribution in [1.82, 2.24) is 14.9 Å². The topological polar surface area (TPSA) is 59.2 Å². The van der Waals surface area contributed by atoms with Gasteiger partial charge in [0, 0.05) is 42.2 Å². The number of benzene rings is 2. The summed E-state index contributed by atoms with van der Waals surface area (Å²) in [7, 11) is 0. The van der Waals surface area contributed by atoms with Gasteiger partial charge in [0.1, 0.15) is 5.58 Å². The molecule has 0 radical (unpaired) electrons. The Balaban J connectivity index is 1.40. The third-order valence-corrected chi connectivity index (χ3v) is 6.32. The molecule has 1 aliphatic rings. The predicted molar refractivity (Wildman–Crippen MR) is 123 cm³/mol. The van der Waals surface area contributed by atoms with Crippen molar-refractivity contribution in [2.45, 2.75) is 17.3 Å². The van der Waals surface area contributed by atoms with Crippen LogP contribution in [0, 0.1) is 0 Å². The van der Waals surface area contributed by atoms with Crippen LogP contribution < -0.4 is 0 Å². The van der Waals surface area contributed by atoms with E-state index >= 15 is 0 Å². The van der Waals surface area contributed by atoms with E-state index in [2.05, 4.69) is 28.2 Å². The summed E-state index contributed by atoms with van der Waals surface area (Å²) in [5.74, 6) is 0.923. The SMILES string of the molecule is O=C(c1oc2ccccc2c1CSc1ncccn1)N1CC=C(c2ccccc2)CC1. The summed E-state index contributed by atoms with van der Waals surface area (Å²) in [6, 6.07) is 19.9. The molecule has 1 aliphatic heterocycles. The first-order valence-corrected chi connectivity index (χ1v) is 11.2. The van der Waals surface area contributed by atoms with Gasteiger partial charge in [-0.25, -0.2) is 9.97 Å². The van der Waals surface area contributed by atoms with E-state index in [9.17, 15) is 4.79 Å². The third kappa shape index (κ3) is 4.11. The van der Waals surface area contributed by atoms with E-state index in [1.54, 1.807) is 18.5 Å². The fraction of sp³-hybridized carbons (Fsp3) is 0.160. The molecule has 0 bridgehead atoms. The van der Waals surface area contributed by atoms with Crippen LogP contribution in [0.15, 0.2) is 88.7 Å². The molecule has 0 fully saturated rings. The molecule has 0 saturated carbocycles. The molecule has 0 saturated heterocycles. The van der Waals surface area contributed by atoms with E-state index in [1.807, 2.05) is 47.4 Å². The van der Waals surface area contributed by atoms with Gasteiger partial charge in [0.05, 0.1) is 0 Å². The van der Waals surface area contributed by atoms with Crippen molar-refractivity contribution < 1.29 is 9.21 Å². The van der Waals surface area contributed by atoms with Crippen molar-refractivity contribution in [2.24, 2.45) is 0 Å². The van der Waals surface area contributed by atoms with Gasteiger partial charge >= 0.3 is 0 Å². The first-order chi connectivity index (χ1) is 15.3. The third-order valence-electron chi connectivity index (χ3n) is 5.42. The lowest BCUT2D eigenvalue weighted by Crippen LogP contribution is -2.34. The monoisotopic (exact) mass is 427 g/mol. The van der Waals surface area contributed by atoms with E-state index in [0.717, 1.165) is 23.0 Å². The second-order valence-electron chi connectivity index (χ2n) is 7.32. The van der Waals surface area contributed by atoms with Crippen molar-refractivity contribution in [1.29, 1.82) is 0 Å². The summed E-state index contributed by atoms with van der Waals surface area (Å²) in [4.78, 5) is 23.8. The molecule has 31 heavy (non-hydrogen) atoms. The Kier molecular flexibility index (Phi) is 5.54. The number of aromatic nitrogens is 2. The molecule has 154 valence electrons. The van der Waals surface area contributed by atoms with Crippen LogP contribution in [0.4, 0.5) is 0 Å². The molecule has 5 rings (SSSR count). The van der Waals surface area contributed by atoms with Crippen molar-refractivity contribution in [3.63, 3.8) is 0 Å². The largest absolute Gasteiger partial charge is 0.451 e. The number of hydrogen-bond acceptors (Lipinski definition) is 5. The van der Waals surface area contributed by atoms with Gasteiger partial charge in [-0.2, -0.15) is 0 Å². The average Bonchev–Trinajstić information content (AvgIpc) is 3.22. The average molecular weight is 428 g/mol. The molecule has 0 spiro atoms. The Morgan fingerprint density at radius 2 is 1.77 bits per heavy atom. The number of amides is 1. The zero-order valence-electron chi connectivity index (χ0n) is 16.9. The quantitative estimate of drug-likeness (QED) is 0.313. The second kappa shape index (κ2) is 8.78. The summed E-state index contributed by atoms with van der Waals surface area (Å²) in [5.41, 5.74) is 4.13. The fourth-order valence-electron chi connectivity index (χ4n) is 3.82. The number of nitrogens with zero attached hydrogens (tertiary/aromatic N) is 3. The van der Waals surface area contributed by atoms with E-state index < -0.39 is 0 Å². The van der Waals surface area contributed by atoms with Crippen LogP contribution in [-0.2, 0) is 5.75 Å². The lowest BCUT2D eigenvalue weighted by atomic mass is 9.99. The predicted octanol–water partition coefficient (Wildman–Crippen LogP) is 5.44. The molecular formula is C25H21N3O2S. The number of fused-ring (bicyclic) bond motifs is 1. The minimum Gasteiger partial charge on any atom is -0.451 e. The van der Waals surface area contributed by atoms with Crippen LogP contribution in [0.5, 0.6) is 0 Å². The van der Waals surface area contributed by atoms with Gasteiger partial charge in [0.2, 0.25) is 0 Å². The van der Waals surface area contributed by atoms with Gasteiger partial charge in [-0.3, -0.25) is 4.79 Å². The van der Waals surface area contributed by atoms with Crippen LogP contribution in [0.1, 0.15) is 28.1 Å². The number of carbonyl (C=O) groups excluding carboxylic acids is 1. The molecule has 0 unspecified atom stereocenters. The molecule has 0 N–H and O–H groups in total. The summed E-state index contributed by atoms with van der Waals surface area (Å²) < 4.78 is 6.05. The maximum atomic E-state index is 13.4. The maximum absolute atomic E-state index is 13.4. The lowest BCUT2D eigenvalue weighted by Gasteiger charge is -2.26. The standard InChI is InChI=1S/C25H21N3O2S/c29-24(28-15-11-19(12-16-28)18-7-2-1-3-8-18)23-21(17-31-25-26-13-6-14-27-25)20-9-4-5-10-22(20)30-23/h1-11,13-14H,12,15-17H2. The van der Waals surface area contributed by atoms with Crippen LogP contribution in [0.2, 0.25) is 0 Å². The highest BCUT2D eigenvalue weighted by molar-refractivity contribution is 7.98. The summed E-state index contributed by atoms with van der Waals surface area (Å²) in [6.45, 7) is 1.25. The van der Waals surface area contributed by atoms with E-state index in [0.29, 0.717) is 29.8 Å². The van der Waals surface area contributed by atoms with Crippen molar-refractivity contribution in [3.05, 3.63) is 96.0 Å². The highest BCUT2D eigenvalue weighted by atomic mass is 32.2. The molecule has 0 aliphatic carbocycles. The number of para-hydroxylation sites is 1. The highest BCUT2D eigenvalue weighted by Gasteiger charge is 2.26. The van der Waals surface area contributed by atoms with Crippen molar-refractivity contribution >= 4 is 34.2 Å². The minimum atomic E-state index is -0.0656. The van der Waals surface area contributed by atoms with Gasteiger partial charge in [-0.05, 0) is 29.7 Å². The Hall–Kier alpha value is -3.38. The van der Waals surface area contributed by atoms with Crippen LogP contribution in [0.3, 0.4) is 0 Å². The Morgan fingerprint density at radius 3 is 2.55 bits per heavy atom. The Bertz CT molecular complexity index is 1240. The molecule has 2 aromatic carbocycles. The Labute approximate surface area is 184 Å². The van der Waals surface area contributed by atoms with Crippen LogP contribution in [0.25, 0.3) is 16.5 Å². The highest BCUT2D eigenvalue weighted by Crippen LogP contribution is 2.32. The molecular weight excluding hydrogens is 406 g/mol. The van der Waals surface area contributed by atoms with Gasteiger partial charge in [-0.15, -0.1) is 0 Å². The zero-order chi connectivity index (χ0) is 21.0. The second-order valence-corrected chi connectivity index (χ2v) is 8.26. The van der Waals surface area contributed by atoms with E-state index in [1.165, 1.54) is 22.9 Å². The fourth-order valence-corrected chi connectivity index (χ4v) is 4.65. The molecule has 5 nitrogen and oxygen atoms in total. The van der Waals surface area contributed by atoms with Crippen molar-refractivity contribution in [3.8, 4) is 0 Å². The lowest BCUT2D eigenvalue weighted by molar-refractivity contribution is 0.0742. The van der Waals surface area contributed by atoms with Gasteiger partial charge in [-0.1, -0.05) is 66.4 Å². The molecule has 0 atom stereocenters. The minimum absolute atomic E-state index is 0.0656. The van der Waals surface area contributed by atoms with E-state index in [-0.39, 0.29) is 5.91 Å². The van der Waals surface area contributed by atoms with Gasteiger partial charge in [0.15, 0.2) is 10.9 Å². The molecule has 1 amide bonds. The van der Waals surface area contributed by atoms with Crippen molar-refractivity contribution in [2.75, 3.05) is 13.1 Å². The van der Waals surface area contributed by atoms with Crippen LogP contribution >= 0.6 is 11.8 Å². The van der Waals surface area contributed by atoms with Crippen LogP contribution in [-0.4, -0.2) is 33.9 Å². The van der Waals surface area contributed by atoms with E-state index in [4.69, 9.17) is 4.42 Å². The van der Waals surface area contributed by atoms with Gasteiger partial charge < -0.3 is 9.32 Å². The first kappa shape index (κ1) is 19.6. The number of carbonyl (C=O) groups is 1. The number of thioether (sulfide) groups is 1. The van der Waals surface area contributed by atoms with Gasteiger partial charge in [0.25, 0.3) is 5.91 Å². The molecule has 3 heterocycles. The zero-order valence-corrected chi connectivity index (χ0v) is 17.7. The first-order valence-electron chi connectivity index (χ1n) is 10.2. The summed E-state index contributed by atoms with van der Waals surface area (Å²) in [5, 5.41) is 1.64.